The van der Waals surface area contributed by atoms with E-state index in [1.54, 1.807) is 4.90 Å². The van der Waals surface area contributed by atoms with Gasteiger partial charge in [-0.3, -0.25) is 0 Å². The number of carbonyl (C=O) groups is 1. The Morgan fingerprint density at radius 2 is 2.16 bits per heavy atom. The van der Waals surface area contributed by atoms with Gasteiger partial charge < -0.3 is 15.4 Å². The lowest BCUT2D eigenvalue weighted by molar-refractivity contribution is 0.0934. The maximum atomic E-state index is 12.0. The SMILES string of the molecule is CC1CN(C(=O)OCc2ccccc2)CCCC1N. The molecule has 1 saturated heterocycles. The summed E-state index contributed by atoms with van der Waals surface area (Å²) in [4.78, 5) is 13.8. The first-order chi connectivity index (χ1) is 9.16. The molecule has 1 heterocycles. The van der Waals surface area contributed by atoms with E-state index in [1.165, 1.54) is 0 Å². The number of rotatable bonds is 2. The minimum absolute atomic E-state index is 0.187. The predicted molar refractivity (Wildman–Crippen MR) is 74.6 cm³/mol. The van der Waals surface area contributed by atoms with Crippen molar-refractivity contribution < 1.29 is 9.53 Å². The van der Waals surface area contributed by atoms with Crippen LogP contribution >= 0.6 is 0 Å². The maximum absolute atomic E-state index is 12.0. The normalized spacial score (nSPS) is 23.8. The largest absolute Gasteiger partial charge is 0.445 e. The van der Waals surface area contributed by atoms with Crippen molar-refractivity contribution in [2.75, 3.05) is 13.1 Å². The van der Waals surface area contributed by atoms with Crippen molar-refractivity contribution in [3.63, 3.8) is 0 Å². The Hall–Kier alpha value is -1.55. The van der Waals surface area contributed by atoms with Crippen LogP contribution in [-0.2, 0) is 11.3 Å². The van der Waals surface area contributed by atoms with E-state index in [-0.39, 0.29) is 12.1 Å². The molecule has 2 unspecified atom stereocenters. The number of benzene rings is 1. The van der Waals surface area contributed by atoms with Crippen molar-refractivity contribution in [2.24, 2.45) is 11.7 Å². The molecule has 1 aromatic rings. The third kappa shape index (κ3) is 3.96. The van der Waals surface area contributed by atoms with E-state index < -0.39 is 0 Å². The molecule has 1 fully saturated rings. The summed E-state index contributed by atoms with van der Waals surface area (Å²) in [5.74, 6) is 0.326. The second kappa shape index (κ2) is 6.57. The first kappa shape index (κ1) is 13.9. The number of ether oxygens (including phenoxy) is 1. The van der Waals surface area contributed by atoms with Crippen LogP contribution in [0.15, 0.2) is 30.3 Å². The molecular formula is C15H22N2O2. The molecule has 2 atom stereocenters. The van der Waals surface area contributed by atoms with Crippen molar-refractivity contribution in [3.05, 3.63) is 35.9 Å². The number of nitrogens with zero attached hydrogens (tertiary/aromatic N) is 1. The lowest BCUT2D eigenvalue weighted by Gasteiger charge is -2.23. The van der Waals surface area contributed by atoms with Gasteiger partial charge in [0.1, 0.15) is 6.61 Å². The molecule has 104 valence electrons. The fraction of sp³-hybridized carbons (Fsp3) is 0.533. The van der Waals surface area contributed by atoms with E-state index in [9.17, 15) is 4.79 Å². The molecule has 1 amide bonds. The van der Waals surface area contributed by atoms with Crippen LogP contribution < -0.4 is 5.73 Å². The number of carbonyl (C=O) groups excluding carboxylic acids is 1. The molecular weight excluding hydrogens is 240 g/mol. The number of nitrogens with two attached hydrogens (primary N) is 1. The highest BCUT2D eigenvalue weighted by atomic mass is 16.6. The standard InChI is InChI=1S/C15H22N2O2/c1-12-10-17(9-5-8-14(12)16)15(18)19-11-13-6-3-2-4-7-13/h2-4,6-7,12,14H,5,8-11,16H2,1H3. The molecule has 2 rings (SSSR count). The molecule has 0 bridgehead atoms. The average molecular weight is 262 g/mol. The average Bonchev–Trinajstić information content (AvgIpc) is 2.60. The second-order valence-electron chi connectivity index (χ2n) is 5.27. The van der Waals surface area contributed by atoms with Gasteiger partial charge in [-0.2, -0.15) is 0 Å². The first-order valence-electron chi connectivity index (χ1n) is 6.88. The van der Waals surface area contributed by atoms with Gasteiger partial charge in [-0.1, -0.05) is 37.3 Å². The topological polar surface area (TPSA) is 55.6 Å². The summed E-state index contributed by atoms with van der Waals surface area (Å²) in [6.07, 6.45) is 1.69. The van der Waals surface area contributed by atoms with Gasteiger partial charge in [-0.05, 0) is 24.3 Å². The van der Waals surface area contributed by atoms with E-state index in [0.717, 1.165) is 24.9 Å². The Bertz CT molecular complexity index is 408. The predicted octanol–water partition coefficient (Wildman–Crippen LogP) is 2.38. The van der Waals surface area contributed by atoms with Gasteiger partial charge in [-0.25, -0.2) is 4.79 Å². The second-order valence-corrected chi connectivity index (χ2v) is 5.27. The summed E-state index contributed by atoms with van der Waals surface area (Å²) in [5, 5.41) is 0. The van der Waals surface area contributed by atoms with E-state index in [2.05, 4.69) is 6.92 Å². The molecule has 0 aromatic heterocycles. The summed E-state index contributed by atoms with van der Waals surface area (Å²) in [6, 6.07) is 9.92. The smallest absolute Gasteiger partial charge is 0.410 e. The third-order valence-corrected chi connectivity index (χ3v) is 3.67. The number of hydrogen-bond donors (Lipinski definition) is 1. The Labute approximate surface area is 114 Å². The van der Waals surface area contributed by atoms with Crippen molar-refractivity contribution >= 4 is 6.09 Å². The highest BCUT2D eigenvalue weighted by Crippen LogP contribution is 2.16. The van der Waals surface area contributed by atoms with Crippen molar-refractivity contribution in [2.45, 2.75) is 32.4 Å². The quantitative estimate of drug-likeness (QED) is 0.890. The molecule has 1 aromatic carbocycles. The number of amides is 1. The molecule has 1 aliphatic heterocycles. The summed E-state index contributed by atoms with van der Waals surface area (Å²) < 4.78 is 5.35. The fourth-order valence-corrected chi connectivity index (χ4v) is 2.35. The molecule has 0 aliphatic carbocycles. The van der Waals surface area contributed by atoms with Gasteiger partial charge in [0.25, 0.3) is 0 Å². The summed E-state index contributed by atoms with van der Waals surface area (Å²) >= 11 is 0. The highest BCUT2D eigenvalue weighted by molar-refractivity contribution is 5.67. The van der Waals surface area contributed by atoms with Crippen LogP contribution in [0.2, 0.25) is 0 Å². The van der Waals surface area contributed by atoms with E-state index in [4.69, 9.17) is 10.5 Å². The van der Waals surface area contributed by atoms with Crippen LogP contribution in [-0.4, -0.2) is 30.1 Å². The van der Waals surface area contributed by atoms with Crippen molar-refractivity contribution in [1.82, 2.24) is 4.90 Å². The monoisotopic (exact) mass is 262 g/mol. The molecule has 1 aliphatic rings. The van der Waals surface area contributed by atoms with Crippen LogP contribution in [0, 0.1) is 5.92 Å². The van der Waals surface area contributed by atoms with E-state index in [0.29, 0.717) is 19.1 Å². The number of likely N-dealkylation sites (tertiary alicyclic amines) is 1. The fourth-order valence-electron chi connectivity index (χ4n) is 2.35. The minimum atomic E-state index is -0.232. The van der Waals surface area contributed by atoms with Crippen LogP contribution in [0.3, 0.4) is 0 Å². The van der Waals surface area contributed by atoms with E-state index in [1.807, 2.05) is 30.3 Å². The zero-order valence-corrected chi connectivity index (χ0v) is 11.4. The maximum Gasteiger partial charge on any atom is 0.410 e. The van der Waals surface area contributed by atoms with Crippen molar-refractivity contribution in [3.8, 4) is 0 Å². The molecule has 0 radical (unpaired) electrons. The zero-order chi connectivity index (χ0) is 13.7. The molecule has 0 spiro atoms. The number of hydrogen-bond acceptors (Lipinski definition) is 3. The Morgan fingerprint density at radius 1 is 1.42 bits per heavy atom. The van der Waals surface area contributed by atoms with Gasteiger partial charge in [0.2, 0.25) is 0 Å². The Morgan fingerprint density at radius 3 is 2.89 bits per heavy atom. The van der Waals surface area contributed by atoms with E-state index >= 15 is 0 Å². The lowest BCUT2D eigenvalue weighted by Crippen LogP contribution is -2.38. The van der Waals surface area contributed by atoms with Gasteiger partial charge in [0.15, 0.2) is 0 Å². The summed E-state index contributed by atoms with van der Waals surface area (Å²) in [7, 11) is 0. The molecule has 2 N–H and O–H groups in total. The van der Waals surface area contributed by atoms with Gasteiger partial charge >= 0.3 is 6.09 Å². The molecule has 4 heteroatoms. The van der Waals surface area contributed by atoms with Crippen molar-refractivity contribution in [1.29, 1.82) is 0 Å². The summed E-state index contributed by atoms with van der Waals surface area (Å²) in [6.45, 7) is 3.85. The van der Waals surface area contributed by atoms with Crippen LogP contribution in [0.4, 0.5) is 4.79 Å². The highest BCUT2D eigenvalue weighted by Gasteiger charge is 2.24. The minimum Gasteiger partial charge on any atom is -0.445 e. The zero-order valence-electron chi connectivity index (χ0n) is 11.4. The molecule has 0 saturated carbocycles. The van der Waals surface area contributed by atoms with Crippen LogP contribution in [0.5, 0.6) is 0 Å². The third-order valence-electron chi connectivity index (χ3n) is 3.67. The van der Waals surface area contributed by atoms with Crippen LogP contribution in [0.25, 0.3) is 0 Å². The van der Waals surface area contributed by atoms with Gasteiger partial charge in [0.05, 0.1) is 0 Å². The van der Waals surface area contributed by atoms with Gasteiger partial charge in [0, 0.05) is 19.1 Å². The van der Waals surface area contributed by atoms with Gasteiger partial charge in [-0.15, -0.1) is 0 Å². The Kier molecular flexibility index (Phi) is 4.80. The first-order valence-corrected chi connectivity index (χ1v) is 6.88. The molecule has 4 nitrogen and oxygen atoms in total. The Balaban J connectivity index is 1.85. The van der Waals surface area contributed by atoms with Crippen LogP contribution in [0.1, 0.15) is 25.3 Å². The molecule has 19 heavy (non-hydrogen) atoms. The lowest BCUT2D eigenvalue weighted by atomic mass is 10.0. The summed E-state index contributed by atoms with van der Waals surface area (Å²) in [5.41, 5.74) is 7.04.